The lowest BCUT2D eigenvalue weighted by Crippen LogP contribution is -1.94. The van der Waals surface area contributed by atoms with Crippen LogP contribution in [0.2, 0.25) is 0 Å². The van der Waals surface area contributed by atoms with E-state index in [1.807, 2.05) is 24.4 Å². The summed E-state index contributed by atoms with van der Waals surface area (Å²) in [4.78, 5) is 9.97. The number of hydrogen-bond acceptors (Lipinski definition) is 2. The molecule has 0 spiro atoms. The lowest BCUT2D eigenvalue weighted by atomic mass is 9.90. The third-order valence-corrected chi connectivity index (χ3v) is 9.57. The van der Waals surface area contributed by atoms with Crippen LogP contribution in [-0.4, -0.2) is 9.97 Å². The van der Waals surface area contributed by atoms with Crippen LogP contribution in [0.1, 0.15) is 0 Å². The lowest BCUT2D eigenvalue weighted by Gasteiger charge is -2.16. The summed E-state index contributed by atoms with van der Waals surface area (Å²) in [6, 6.07) is 66.8. The Kier molecular flexibility index (Phi) is 7.53. The fourth-order valence-corrected chi connectivity index (χ4v) is 6.97. The van der Waals surface area contributed by atoms with Gasteiger partial charge in [-0.3, -0.25) is 4.98 Å². The highest BCUT2D eigenvalue weighted by atomic mass is 14.7. The van der Waals surface area contributed by atoms with E-state index in [0.29, 0.717) is 0 Å². The Morgan fingerprint density at radius 3 is 1.28 bits per heavy atom. The molecule has 50 heavy (non-hydrogen) atoms. The van der Waals surface area contributed by atoms with Crippen molar-refractivity contribution < 1.29 is 0 Å². The average molecular weight is 637 g/mol. The molecule has 7 aromatic carbocycles. The molecule has 0 saturated heterocycles. The van der Waals surface area contributed by atoms with Gasteiger partial charge >= 0.3 is 0 Å². The first-order chi connectivity index (χ1) is 24.8. The molecule has 9 rings (SSSR count). The number of pyridine rings is 2. The highest BCUT2D eigenvalue weighted by Gasteiger charge is 2.16. The predicted octanol–water partition coefficient (Wildman–Crippen LogP) is 12.8. The Balaban J connectivity index is 1.24. The second-order valence-electron chi connectivity index (χ2n) is 12.6. The van der Waals surface area contributed by atoms with Crippen LogP contribution in [0.3, 0.4) is 0 Å². The Labute approximate surface area is 292 Å². The molecule has 0 atom stereocenters. The van der Waals surface area contributed by atoms with Gasteiger partial charge in [-0.15, -0.1) is 0 Å². The second kappa shape index (κ2) is 12.8. The first-order valence-electron chi connectivity index (χ1n) is 17.0. The smallest absolute Gasteiger partial charge is 0.0794 e. The van der Waals surface area contributed by atoms with E-state index in [9.17, 15) is 0 Å². The van der Waals surface area contributed by atoms with Crippen molar-refractivity contribution >= 4 is 21.7 Å². The zero-order chi connectivity index (χ0) is 33.3. The minimum atomic E-state index is 0.955. The van der Waals surface area contributed by atoms with Gasteiger partial charge < -0.3 is 0 Å². The molecule has 0 unspecified atom stereocenters. The molecule has 0 aliphatic rings. The molecule has 2 aromatic heterocycles. The van der Waals surface area contributed by atoms with E-state index >= 15 is 0 Å². The molecule has 0 bridgehead atoms. The summed E-state index contributed by atoms with van der Waals surface area (Å²) in [6.45, 7) is 0. The lowest BCUT2D eigenvalue weighted by molar-refractivity contribution is 1.33. The van der Waals surface area contributed by atoms with Gasteiger partial charge in [0.1, 0.15) is 0 Å². The summed E-state index contributed by atoms with van der Waals surface area (Å²) in [7, 11) is 0. The van der Waals surface area contributed by atoms with Crippen LogP contribution in [0.25, 0.3) is 88.7 Å². The summed E-state index contributed by atoms with van der Waals surface area (Å²) in [5.74, 6) is 0. The summed E-state index contributed by atoms with van der Waals surface area (Å²) in [5.41, 5.74) is 14.6. The maximum atomic E-state index is 5.41. The van der Waals surface area contributed by atoms with Crippen molar-refractivity contribution in [2.45, 2.75) is 0 Å². The van der Waals surface area contributed by atoms with Gasteiger partial charge in [0.25, 0.3) is 0 Å². The van der Waals surface area contributed by atoms with Crippen LogP contribution in [0.15, 0.2) is 194 Å². The highest BCUT2D eigenvalue weighted by Crippen LogP contribution is 2.41. The minimum absolute atomic E-state index is 0.955. The molecule has 2 heteroatoms. The van der Waals surface area contributed by atoms with E-state index in [0.717, 1.165) is 55.5 Å². The van der Waals surface area contributed by atoms with Gasteiger partial charge in [-0.2, -0.15) is 0 Å². The molecule has 2 heterocycles. The largest absolute Gasteiger partial charge is 0.256 e. The standard InChI is InChI=1S/C48H32N2/c1-3-11-33(12-4-1)35-18-22-38(23-19-35)44-32-47(40-26-20-36(21-27-40)34-13-5-2-6-14-34)50-48-42-16-8-7-15-41(42)43(31-45(44)48)37-24-28-39(29-25-37)46-17-9-10-30-49-46/h1-32H. The summed E-state index contributed by atoms with van der Waals surface area (Å²) < 4.78 is 0. The quantitative estimate of drug-likeness (QED) is 0.170. The monoisotopic (exact) mass is 636 g/mol. The zero-order valence-electron chi connectivity index (χ0n) is 27.4. The Hall–Kier alpha value is -6.64. The van der Waals surface area contributed by atoms with Crippen LogP contribution in [0.5, 0.6) is 0 Å². The third kappa shape index (κ3) is 5.53. The van der Waals surface area contributed by atoms with Crippen molar-refractivity contribution in [1.29, 1.82) is 0 Å². The molecule has 234 valence electrons. The SMILES string of the molecule is c1ccc(-c2ccc(-c3cc(-c4ccc(-c5ccccc5)cc4)c4cc(-c5ccc(-c6ccccn6)cc5)c5ccccc5c4n3)cc2)cc1. The van der Waals surface area contributed by atoms with Crippen molar-refractivity contribution in [3.63, 3.8) is 0 Å². The van der Waals surface area contributed by atoms with E-state index in [-0.39, 0.29) is 0 Å². The van der Waals surface area contributed by atoms with Crippen molar-refractivity contribution in [1.82, 2.24) is 9.97 Å². The molecule has 0 radical (unpaired) electrons. The molecule has 0 aliphatic carbocycles. The first kappa shape index (κ1) is 29.5. The molecule has 0 amide bonds. The van der Waals surface area contributed by atoms with Gasteiger partial charge in [-0.05, 0) is 74.2 Å². The van der Waals surface area contributed by atoms with E-state index in [1.54, 1.807) is 0 Å². The van der Waals surface area contributed by atoms with E-state index in [1.165, 1.54) is 33.2 Å². The number of aromatic nitrogens is 2. The number of fused-ring (bicyclic) bond motifs is 3. The Morgan fingerprint density at radius 1 is 0.280 bits per heavy atom. The van der Waals surface area contributed by atoms with Crippen molar-refractivity contribution in [3.8, 4) is 67.0 Å². The third-order valence-electron chi connectivity index (χ3n) is 9.57. The molecule has 0 fully saturated rings. The predicted molar refractivity (Wildman–Crippen MR) is 210 cm³/mol. The Morgan fingerprint density at radius 2 is 0.720 bits per heavy atom. The molecule has 0 N–H and O–H groups in total. The van der Waals surface area contributed by atoms with Crippen LogP contribution < -0.4 is 0 Å². The van der Waals surface area contributed by atoms with Gasteiger partial charge in [0.15, 0.2) is 0 Å². The molecule has 0 saturated carbocycles. The average Bonchev–Trinajstić information content (AvgIpc) is 3.21. The number of benzene rings is 7. The number of hydrogen-bond donors (Lipinski definition) is 0. The fraction of sp³-hybridized carbons (Fsp3) is 0. The van der Waals surface area contributed by atoms with Gasteiger partial charge in [0.05, 0.1) is 16.9 Å². The van der Waals surface area contributed by atoms with Crippen LogP contribution in [0.4, 0.5) is 0 Å². The zero-order valence-corrected chi connectivity index (χ0v) is 27.4. The normalized spacial score (nSPS) is 11.2. The Bertz CT molecular complexity index is 2580. The topological polar surface area (TPSA) is 25.8 Å². The van der Waals surface area contributed by atoms with Gasteiger partial charge in [-0.25, -0.2) is 4.98 Å². The van der Waals surface area contributed by atoms with Crippen LogP contribution in [-0.2, 0) is 0 Å². The van der Waals surface area contributed by atoms with Gasteiger partial charge in [0, 0.05) is 28.1 Å². The van der Waals surface area contributed by atoms with Gasteiger partial charge in [0.2, 0.25) is 0 Å². The van der Waals surface area contributed by atoms with Crippen LogP contribution in [0, 0.1) is 0 Å². The maximum Gasteiger partial charge on any atom is 0.0794 e. The van der Waals surface area contributed by atoms with Crippen molar-refractivity contribution in [3.05, 3.63) is 194 Å². The number of nitrogens with zero attached hydrogens (tertiary/aromatic N) is 2. The summed E-state index contributed by atoms with van der Waals surface area (Å²) >= 11 is 0. The second-order valence-corrected chi connectivity index (χ2v) is 12.6. The van der Waals surface area contributed by atoms with Crippen LogP contribution >= 0.6 is 0 Å². The van der Waals surface area contributed by atoms with E-state index in [4.69, 9.17) is 4.98 Å². The van der Waals surface area contributed by atoms with E-state index in [2.05, 4.69) is 175 Å². The highest BCUT2D eigenvalue weighted by molar-refractivity contribution is 6.16. The maximum absolute atomic E-state index is 5.41. The summed E-state index contributed by atoms with van der Waals surface area (Å²) in [5, 5.41) is 3.45. The van der Waals surface area contributed by atoms with Crippen molar-refractivity contribution in [2.24, 2.45) is 0 Å². The summed E-state index contributed by atoms with van der Waals surface area (Å²) in [6.07, 6.45) is 1.84. The molecular weight excluding hydrogens is 605 g/mol. The van der Waals surface area contributed by atoms with Crippen molar-refractivity contribution in [2.75, 3.05) is 0 Å². The molecule has 2 nitrogen and oxygen atoms in total. The molecular formula is C48H32N2. The van der Waals surface area contributed by atoms with Gasteiger partial charge in [-0.1, -0.05) is 164 Å². The molecule has 0 aliphatic heterocycles. The van der Waals surface area contributed by atoms with E-state index < -0.39 is 0 Å². The minimum Gasteiger partial charge on any atom is -0.256 e. The number of rotatable bonds is 6. The molecule has 9 aromatic rings. The first-order valence-corrected chi connectivity index (χ1v) is 17.0. The fourth-order valence-electron chi connectivity index (χ4n) is 6.97.